The number of anilines is 2. The van der Waals surface area contributed by atoms with Crippen molar-refractivity contribution in [1.29, 1.82) is 0 Å². The lowest BCUT2D eigenvalue weighted by atomic mass is 10.1. The molecule has 2 amide bonds. The highest BCUT2D eigenvalue weighted by atomic mass is 32.2. The van der Waals surface area contributed by atoms with Gasteiger partial charge in [0.05, 0.1) is 25.6 Å². The van der Waals surface area contributed by atoms with Crippen molar-refractivity contribution in [3.63, 3.8) is 0 Å². The number of thioether (sulfide) groups is 1. The van der Waals surface area contributed by atoms with Crippen LogP contribution >= 0.6 is 11.8 Å². The normalized spacial score (nSPS) is 13.9. The zero-order chi connectivity index (χ0) is 24.8. The Bertz CT molecular complexity index is 1040. The highest BCUT2D eigenvalue weighted by molar-refractivity contribution is 7.99. The quantitative estimate of drug-likeness (QED) is 0.368. The molecule has 3 rings (SSSR count). The molecule has 3 heterocycles. The Balaban J connectivity index is 1.74. The molecule has 1 saturated heterocycles. The van der Waals surface area contributed by atoms with Crippen LogP contribution in [0.3, 0.4) is 0 Å². The number of esters is 1. The van der Waals surface area contributed by atoms with Crippen LogP contribution in [0.25, 0.3) is 0 Å². The molecule has 0 aromatic carbocycles. The Morgan fingerprint density at radius 3 is 2.53 bits per heavy atom. The fourth-order valence-corrected chi connectivity index (χ4v) is 4.26. The first kappa shape index (κ1) is 25.6. The highest BCUT2D eigenvalue weighted by Gasteiger charge is 2.29. The van der Waals surface area contributed by atoms with Gasteiger partial charge in [0.2, 0.25) is 17.7 Å². The number of primary amides is 1. The molecule has 0 saturated carbocycles. The van der Waals surface area contributed by atoms with Crippen molar-refractivity contribution in [2.24, 2.45) is 11.7 Å². The Kier molecular flexibility index (Phi) is 8.56. The van der Waals surface area contributed by atoms with Crippen LogP contribution in [0, 0.1) is 12.8 Å². The first-order valence-electron chi connectivity index (χ1n) is 11.0. The van der Waals surface area contributed by atoms with E-state index in [0.29, 0.717) is 30.8 Å². The summed E-state index contributed by atoms with van der Waals surface area (Å²) in [4.78, 5) is 39.0. The molecule has 34 heavy (non-hydrogen) atoms. The standard InChI is InChI=1S/C21H30N6O6S/c1-5-32-19(30)15-13(4)33-18(16(15)17(22)29)23-14(28)11-34-21-25-24-20(27(21)10-12(2)3)26-6-8-31-9-7-26/h12H,5-11H2,1-4H3,(H2,22,29)(H,23,28). The van der Waals surface area contributed by atoms with E-state index in [1.807, 2.05) is 4.57 Å². The Labute approximate surface area is 201 Å². The third-order valence-corrected chi connectivity index (χ3v) is 5.90. The molecule has 1 aliphatic heterocycles. The minimum absolute atomic E-state index is 0.0218. The number of nitrogens with two attached hydrogens (primary N) is 1. The van der Waals surface area contributed by atoms with E-state index in [0.717, 1.165) is 19.0 Å². The molecule has 0 bridgehead atoms. The van der Waals surface area contributed by atoms with E-state index in [9.17, 15) is 14.4 Å². The van der Waals surface area contributed by atoms with Gasteiger partial charge in [0.15, 0.2) is 5.16 Å². The molecule has 1 fully saturated rings. The van der Waals surface area contributed by atoms with Gasteiger partial charge in [-0.2, -0.15) is 0 Å². The van der Waals surface area contributed by atoms with Gasteiger partial charge >= 0.3 is 5.97 Å². The van der Waals surface area contributed by atoms with E-state index < -0.39 is 17.8 Å². The second kappa shape index (κ2) is 11.4. The van der Waals surface area contributed by atoms with Gasteiger partial charge in [0.25, 0.3) is 5.91 Å². The summed E-state index contributed by atoms with van der Waals surface area (Å²) in [7, 11) is 0. The predicted molar refractivity (Wildman–Crippen MR) is 125 cm³/mol. The van der Waals surface area contributed by atoms with E-state index in [2.05, 4.69) is 34.3 Å². The molecule has 0 atom stereocenters. The van der Waals surface area contributed by atoms with E-state index in [1.54, 1.807) is 6.92 Å². The summed E-state index contributed by atoms with van der Waals surface area (Å²) >= 11 is 1.21. The van der Waals surface area contributed by atoms with Crippen LogP contribution in [0.15, 0.2) is 9.57 Å². The topological polar surface area (TPSA) is 155 Å². The number of hydrogen-bond acceptors (Lipinski definition) is 10. The van der Waals surface area contributed by atoms with Gasteiger partial charge in [-0.3, -0.25) is 19.5 Å². The average molecular weight is 495 g/mol. The number of carbonyl (C=O) groups is 3. The molecule has 0 spiro atoms. The van der Waals surface area contributed by atoms with Crippen molar-refractivity contribution in [2.45, 2.75) is 39.4 Å². The van der Waals surface area contributed by atoms with Gasteiger partial charge in [0.1, 0.15) is 16.9 Å². The number of carbonyl (C=O) groups excluding carboxylic acids is 3. The number of amides is 2. The lowest BCUT2D eigenvalue weighted by Crippen LogP contribution is -2.38. The number of rotatable bonds is 10. The first-order valence-corrected chi connectivity index (χ1v) is 12.0. The smallest absolute Gasteiger partial charge is 0.342 e. The molecular formula is C21H30N6O6S. The molecule has 12 nitrogen and oxygen atoms in total. The third-order valence-electron chi connectivity index (χ3n) is 4.93. The minimum atomic E-state index is -0.908. The fraction of sp³-hybridized carbons (Fsp3) is 0.571. The van der Waals surface area contributed by atoms with Crippen LogP contribution in [0.4, 0.5) is 11.8 Å². The van der Waals surface area contributed by atoms with Crippen LogP contribution in [0.5, 0.6) is 0 Å². The first-order chi connectivity index (χ1) is 16.2. The molecule has 2 aromatic heterocycles. The Hall–Kier alpha value is -3.06. The number of nitrogens with zero attached hydrogens (tertiary/aromatic N) is 4. The maximum atomic E-state index is 12.7. The minimum Gasteiger partial charge on any atom is -0.462 e. The molecule has 3 N–H and O–H groups in total. The van der Waals surface area contributed by atoms with Crippen molar-refractivity contribution in [3.8, 4) is 0 Å². The zero-order valence-corrected chi connectivity index (χ0v) is 20.6. The SMILES string of the molecule is CCOC(=O)c1c(C)oc(NC(=O)CSc2nnc(N3CCOCC3)n2CC(C)C)c1C(N)=O. The largest absolute Gasteiger partial charge is 0.462 e. The molecule has 2 aromatic rings. The maximum absolute atomic E-state index is 12.7. The second-order valence-electron chi connectivity index (χ2n) is 8.05. The number of aryl methyl sites for hydroxylation is 1. The molecule has 186 valence electrons. The van der Waals surface area contributed by atoms with E-state index in [-0.39, 0.29) is 35.1 Å². The molecule has 1 aliphatic rings. The average Bonchev–Trinajstić information content (AvgIpc) is 3.32. The van der Waals surface area contributed by atoms with Crippen molar-refractivity contribution in [2.75, 3.05) is 48.9 Å². The summed E-state index contributed by atoms with van der Waals surface area (Å²) in [6.45, 7) is 10.8. The maximum Gasteiger partial charge on any atom is 0.342 e. The Morgan fingerprint density at radius 1 is 1.21 bits per heavy atom. The van der Waals surface area contributed by atoms with E-state index >= 15 is 0 Å². The van der Waals surface area contributed by atoms with E-state index in [1.165, 1.54) is 18.7 Å². The lowest BCUT2D eigenvalue weighted by Gasteiger charge is -2.28. The molecule has 0 unspecified atom stereocenters. The van der Waals surface area contributed by atoms with Gasteiger partial charge in [0, 0.05) is 19.6 Å². The van der Waals surface area contributed by atoms with Crippen LogP contribution in [0.2, 0.25) is 0 Å². The van der Waals surface area contributed by atoms with E-state index in [4.69, 9.17) is 19.6 Å². The van der Waals surface area contributed by atoms with Crippen LogP contribution in [0.1, 0.15) is 47.2 Å². The van der Waals surface area contributed by atoms with Gasteiger partial charge in [-0.05, 0) is 19.8 Å². The summed E-state index contributed by atoms with van der Waals surface area (Å²) in [6, 6.07) is 0. The van der Waals surface area contributed by atoms with Gasteiger partial charge in [-0.15, -0.1) is 10.2 Å². The zero-order valence-electron chi connectivity index (χ0n) is 19.8. The number of aromatic nitrogens is 3. The third kappa shape index (κ3) is 5.89. The molecule has 13 heteroatoms. The van der Waals surface area contributed by atoms with Gasteiger partial charge in [-0.25, -0.2) is 4.79 Å². The van der Waals surface area contributed by atoms with Crippen molar-refractivity contribution in [1.82, 2.24) is 14.8 Å². The van der Waals surface area contributed by atoms with Crippen LogP contribution in [-0.4, -0.2) is 71.2 Å². The molecular weight excluding hydrogens is 464 g/mol. The van der Waals surface area contributed by atoms with Crippen molar-refractivity contribution in [3.05, 3.63) is 16.9 Å². The van der Waals surface area contributed by atoms with Gasteiger partial charge in [-0.1, -0.05) is 25.6 Å². The summed E-state index contributed by atoms with van der Waals surface area (Å²) < 4.78 is 17.8. The summed E-state index contributed by atoms with van der Waals surface area (Å²) in [5.41, 5.74) is 5.14. The monoisotopic (exact) mass is 494 g/mol. The predicted octanol–water partition coefficient (Wildman–Crippen LogP) is 1.68. The second-order valence-corrected chi connectivity index (χ2v) is 8.99. The number of hydrogen-bond donors (Lipinski definition) is 2. The van der Waals surface area contributed by atoms with Gasteiger partial charge < -0.3 is 24.5 Å². The summed E-state index contributed by atoms with van der Waals surface area (Å²) in [5.74, 6) is -1.10. The summed E-state index contributed by atoms with van der Waals surface area (Å²) in [5, 5.41) is 11.8. The van der Waals surface area contributed by atoms with Crippen LogP contribution < -0.4 is 16.0 Å². The fourth-order valence-electron chi connectivity index (χ4n) is 3.52. The number of furan rings is 1. The number of morpholine rings is 1. The lowest BCUT2D eigenvalue weighted by molar-refractivity contribution is -0.113. The van der Waals surface area contributed by atoms with Crippen molar-refractivity contribution >= 4 is 41.4 Å². The summed E-state index contributed by atoms with van der Waals surface area (Å²) in [6.07, 6.45) is 0. The van der Waals surface area contributed by atoms with Crippen LogP contribution in [-0.2, 0) is 20.8 Å². The number of nitrogens with one attached hydrogen (secondary N) is 1. The molecule has 0 radical (unpaired) electrons. The number of ether oxygens (including phenoxy) is 2. The van der Waals surface area contributed by atoms with Crippen molar-refractivity contribution < 1.29 is 28.3 Å². The molecule has 0 aliphatic carbocycles. The Morgan fingerprint density at radius 2 is 1.91 bits per heavy atom. The highest BCUT2D eigenvalue weighted by Crippen LogP contribution is 2.29.